The number of carbonyl (C=O) groups is 1. The second-order valence-corrected chi connectivity index (χ2v) is 13.7. The highest BCUT2D eigenvalue weighted by Crippen LogP contribution is 2.69. The molecule has 4 aliphatic carbocycles. The van der Waals surface area contributed by atoms with E-state index in [1.165, 1.54) is 12.5 Å². The lowest BCUT2D eigenvalue weighted by Crippen LogP contribution is -2.75. The standard InChI is InChI=1S/C30H50O6/c1-16(2)17(3)8-9-18(4)22-10-11-23-21-13-26(34)30(35)14-20(32)12-25(33)29(30,7)27(21)24(36-19(5)31)15-28(22,23)6/h16,18,20-27,32-35H,3,8-15H2,1-2,4-7H3. The summed E-state index contributed by atoms with van der Waals surface area (Å²) in [4.78, 5) is 12.3. The Kier molecular flexibility index (Phi) is 7.53. The molecule has 6 heteroatoms. The fourth-order valence-electron chi connectivity index (χ4n) is 9.61. The van der Waals surface area contributed by atoms with E-state index in [4.69, 9.17) is 4.74 Å². The zero-order chi connectivity index (χ0) is 26.8. The van der Waals surface area contributed by atoms with Gasteiger partial charge >= 0.3 is 5.97 Å². The fraction of sp³-hybridized carbons (Fsp3) is 0.900. The number of esters is 1. The molecule has 0 bridgehead atoms. The molecule has 12 atom stereocenters. The fourth-order valence-corrected chi connectivity index (χ4v) is 9.61. The zero-order valence-electron chi connectivity index (χ0n) is 23.2. The van der Waals surface area contributed by atoms with Gasteiger partial charge in [-0.25, -0.2) is 0 Å². The van der Waals surface area contributed by atoms with E-state index in [-0.39, 0.29) is 36.1 Å². The summed E-state index contributed by atoms with van der Waals surface area (Å²) >= 11 is 0. The Morgan fingerprint density at radius 3 is 2.33 bits per heavy atom. The van der Waals surface area contributed by atoms with E-state index in [1.54, 1.807) is 0 Å². The van der Waals surface area contributed by atoms with Crippen LogP contribution in [0.25, 0.3) is 0 Å². The average Bonchev–Trinajstić information content (AvgIpc) is 3.11. The van der Waals surface area contributed by atoms with Crippen molar-refractivity contribution in [3.05, 3.63) is 12.2 Å². The maximum atomic E-state index is 12.3. The molecule has 12 unspecified atom stereocenters. The van der Waals surface area contributed by atoms with Crippen LogP contribution in [-0.4, -0.2) is 56.4 Å². The maximum absolute atomic E-state index is 12.3. The number of carbonyl (C=O) groups excluding carboxylic acids is 1. The van der Waals surface area contributed by atoms with E-state index in [9.17, 15) is 25.2 Å². The molecule has 206 valence electrons. The molecule has 4 rings (SSSR count). The predicted octanol–water partition coefficient (Wildman–Crippen LogP) is 4.23. The molecule has 0 aromatic rings. The van der Waals surface area contributed by atoms with Gasteiger partial charge in [-0.05, 0) is 80.0 Å². The van der Waals surface area contributed by atoms with Gasteiger partial charge in [-0.15, -0.1) is 0 Å². The first kappa shape index (κ1) is 28.1. The number of allylic oxidation sites excluding steroid dienone is 1. The van der Waals surface area contributed by atoms with Crippen molar-refractivity contribution in [2.75, 3.05) is 0 Å². The molecular weight excluding hydrogens is 456 g/mol. The van der Waals surface area contributed by atoms with Gasteiger partial charge in [0.05, 0.1) is 18.3 Å². The molecule has 0 amide bonds. The van der Waals surface area contributed by atoms with Crippen LogP contribution in [0.2, 0.25) is 0 Å². The topological polar surface area (TPSA) is 107 Å². The largest absolute Gasteiger partial charge is 0.462 e. The van der Waals surface area contributed by atoms with Crippen LogP contribution in [0.3, 0.4) is 0 Å². The number of hydrogen-bond donors (Lipinski definition) is 4. The van der Waals surface area contributed by atoms with Gasteiger partial charge in [0.2, 0.25) is 0 Å². The molecule has 36 heavy (non-hydrogen) atoms. The first-order valence-corrected chi connectivity index (χ1v) is 14.3. The van der Waals surface area contributed by atoms with Crippen molar-refractivity contribution >= 4 is 5.97 Å². The van der Waals surface area contributed by atoms with Gasteiger partial charge in [0, 0.05) is 24.7 Å². The Labute approximate surface area is 217 Å². The van der Waals surface area contributed by atoms with Gasteiger partial charge < -0.3 is 25.2 Å². The number of rotatable bonds is 6. The van der Waals surface area contributed by atoms with Crippen molar-refractivity contribution < 1.29 is 30.0 Å². The molecule has 0 saturated heterocycles. The van der Waals surface area contributed by atoms with Gasteiger partial charge in [-0.3, -0.25) is 4.79 Å². The summed E-state index contributed by atoms with van der Waals surface area (Å²) in [5.74, 6) is 1.19. The number of fused-ring (bicyclic) bond motifs is 5. The third kappa shape index (κ3) is 4.19. The summed E-state index contributed by atoms with van der Waals surface area (Å²) in [7, 11) is 0. The van der Waals surface area contributed by atoms with E-state index in [0.29, 0.717) is 36.5 Å². The molecule has 6 nitrogen and oxygen atoms in total. The van der Waals surface area contributed by atoms with Gasteiger partial charge in [-0.2, -0.15) is 0 Å². The van der Waals surface area contributed by atoms with Crippen LogP contribution in [0.4, 0.5) is 0 Å². The summed E-state index contributed by atoms with van der Waals surface area (Å²) in [6.45, 7) is 16.7. The Morgan fingerprint density at radius 2 is 1.72 bits per heavy atom. The molecule has 4 saturated carbocycles. The predicted molar refractivity (Wildman–Crippen MR) is 139 cm³/mol. The van der Waals surface area contributed by atoms with Gasteiger partial charge in [0.15, 0.2) is 0 Å². The lowest BCUT2D eigenvalue weighted by Gasteiger charge is -2.67. The molecule has 0 aliphatic heterocycles. The molecule has 0 aromatic carbocycles. The smallest absolute Gasteiger partial charge is 0.302 e. The second-order valence-electron chi connectivity index (χ2n) is 13.7. The first-order valence-electron chi connectivity index (χ1n) is 14.3. The van der Waals surface area contributed by atoms with Crippen molar-refractivity contribution in [1.82, 2.24) is 0 Å². The van der Waals surface area contributed by atoms with Crippen LogP contribution >= 0.6 is 0 Å². The monoisotopic (exact) mass is 506 g/mol. The van der Waals surface area contributed by atoms with Crippen LogP contribution in [0.1, 0.15) is 92.9 Å². The summed E-state index contributed by atoms with van der Waals surface area (Å²) in [6, 6.07) is 0. The lowest BCUT2D eigenvalue weighted by molar-refractivity contribution is -0.311. The molecule has 0 heterocycles. The molecule has 4 fully saturated rings. The third-order valence-electron chi connectivity index (χ3n) is 11.7. The van der Waals surface area contributed by atoms with Crippen LogP contribution in [0.5, 0.6) is 0 Å². The van der Waals surface area contributed by atoms with E-state index < -0.39 is 35.4 Å². The number of hydrogen-bond acceptors (Lipinski definition) is 6. The van der Waals surface area contributed by atoms with Crippen molar-refractivity contribution in [2.45, 2.75) is 123 Å². The highest BCUT2D eigenvalue weighted by molar-refractivity contribution is 5.66. The molecule has 0 aromatic heterocycles. The van der Waals surface area contributed by atoms with E-state index in [0.717, 1.165) is 25.7 Å². The zero-order valence-corrected chi connectivity index (χ0v) is 23.2. The number of aliphatic hydroxyl groups excluding tert-OH is 3. The summed E-state index contributed by atoms with van der Waals surface area (Å²) in [5.41, 5.74) is -1.46. The van der Waals surface area contributed by atoms with Crippen LogP contribution in [0, 0.1) is 46.3 Å². The molecular formula is C30H50O6. The normalized spacial score (nSPS) is 49.1. The molecule has 4 aliphatic rings. The van der Waals surface area contributed by atoms with Crippen LogP contribution < -0.4 is 0 Å². The first-order chi connectivity index (χ1) is 16.7. The SMILES string of the molecule is C=C(CCC(C)C1CCC2C3CC(O)C4(O)CC(O)CC(O)C4(C)C3C(OC(C)=O)CC12C)C(C)C. The highest BCUT2D eigenvalue weighted by Gasteiger charge is 2.72. The Balaban J connectivity index is 1.69. The van der Waals surface area contributed by atoms with Crippen LogP contribution in [0.15, 0.2) is 12.2 Å². The van der Waals surface area contributed by atoms with Crippen molar-refractivity contribution in [1.29, 1.82) is 0 Å². The molecule has 0 spiro atoms. The molecule has 4 N–H and O–H groups in total. The summed E-state index contributed by atoms with van der Waals surface area (Å²) in [6.07, 6.45) is 2.20. The Hall–Kier alpha value is -0.950. The summed E-state index contributed by atoms with van der Waals surface area (Å²) in [5, 5.41) is 45.0. The Morgan fingerprint density at radius 1 is 1.06 bits per heavy atom. The van der Waals surface area contributed by atoms with Gasteiger partial charge in [-0.1, -0.05) is 46.8 Å². The third-order valence-corrected chi connectivity index (χ3v) is 11.7. The minimum absolute atomic E-state index is 0.0269. The lowest BCUT2D eigenvalue weighted by atomic mass is 9.41. The highest BCUT2D eigenvalue weighted by atomic mass is 16.5. The van der Waals surface area contributed by atoms with E-state index in [2.05, 4.69) is 34.3 Å². The Bertz CT molecular complexity index is 856. The van der Waals surface area contributed by atoms with Gasteiger partial charge in [0.1, 0.15) is 11.7 Å². The second kappa shape index (κ2) is 9.66. The quantitative estimate of drug-likeness (QED) is 0.317. The summed E-state index contributed by atoms with van der Waals surface area (Å²) < 4.78 is 6.04. The van der Waals surface area contributed by atoms with Crippen LogP contribution in [-0.2, 0) is 9.53 Å². The van der Waals surface area contributed by atoms with Gasteiger partial charge in [0.25, 0.3) is 0 Å². The number of aliphatic hydroxyl groups is 4. The van der Waals surface area contributed by atoms with E-state index in [1.807, 2.05) is 6.92 Å². The van der Waals surface area contributed by atoms with E-state index >= 15 is 0 Å². The van der Waals surface area contributed by atoms with Crippen molar-refractivity contribution in [3.63, 3.8) is 0 Å². The minimum atomic E-state index is -1.63. The minimum Gasteiger partial charge on any atom is -0.462 e. The average molecular weight is 507 g/mol. The maximum Gasteiger partial charge on any atom is 0.302 e. The number of ether oxygens (including phenoxy) is 1. The van der Waals surface area contributed by atoms with Crippen molar-refractivity contribution in [3.8, 4) is 0 Å². The molecule has 0 radical (unpaired) electrons. The van der Waals surface area contributed by atoms with Crippen molar-refractivity contribution in [2.24, 2.45) is 46.3 Å².